The first-order chi connectivity index (χ1) is 9.02. The Morgan fingerprint density at radius 1 is 1.42 bits per heavy atom. The number of carbonyl (C=O) groups excluding carboxylic acids is 1. The first-order valence-electron chi connectivity index (χ1n) is 6.62. The second-order valence-electron chi connectivity index (χ2n) is 4.93. The van der Waals surface area contributed by atoms with Crippen molar-refractivity contribution in [2.45, 2.75) is 33.2 Å². The number of hydrogen-bond donors (Lipinski definition) is 2. The van der Waals surface area contributed by atoms with Crippen molar-refractivity contribution in [3.8, 4) is 5.75 Å². The molecule has 0 saturated carbocycles. The van der Waals surface area contributed by atoms with Crippen molar-refractivity contribution in [3.63, 3.8) is 0 Å². The lowest BCUT2D eigenvalue weighted by atomic mass is 10.1. The predicted molar refractivity (Wildman–Crippen MR) is 75.1 cm³/mol. The zero-order chi connectivity index (χ0) is 14.3. The average molecular weight is 265 g/mol. The molecule has 1 rings (SSSR count). The summed E-state index contributed by atoms with van der Waals surface area (Å²) >= 11 is 0. The van der Waals surface area contributed by atoms with Crippen LogP contribution in [0.15, 0.2) is 24.3 Å². The van der Waals surface area contributed by atoms with E-state index in [9.17, 15) is 4.79 Å². The average Bonchev–Trinajstić information content (AvgIpc) is 2.37. The van der Waals surface area contributed by atoms with Crippen molar-refractivity contribution in [1.29, 1.82) is 0 Å². The summed E-state index contributed by atoms with van der Waals surface area (Å²) < 4.78 is 5.52. The SMILES string of the molecule is Cc1cccc(OCCC(=O)NC(C)C(C)CO)c1. The number of benzene rings is 1. The first-order valence-corrected chi connectivity index (χ1v) is 6.62. The lowest BCUT2D eigenvalue weighted by Gasteiger charge is -2.19. The van der Waals surface area contributed by atoms with Crippen LogP contribution >= 0.6 is 0 Å². The third-order valence-corrected chi connectivity index (χ3v) is 3.12. The number of aryl methyl sites for hydroxylation is 1. The van der Waals surface area contributed by atoms with Gasteiger partial charge in [-0.1, -0.05) is 19.1 Å². The summed E-state index contributed by atoms with van der Waals surface area (Å²) in [6.45, 7) is 6.21. The van der Waals surface area contributed by atoms with Crippen LogP contribution in [0.2, 0.25) is 0 Å². The Hall–Kier alpha value is -1.55. The Bertz CT molecular complexity index is 406. The van der Waals surface area contributed by atoms with E-state index in [2.05, 4.69) is 5.32 Å². The molecule has 0 fully saturated rings. The molecule has 2 unspecified atom stereocenters. The number of nitrogens with one attached hydrogen (secondary N) is 1. The molecule has 0 aliphatic carbocycles. The zero-order valence-electron chi connectivity index (χ0n) is 11.8. The minimum atomic E-state index is -0.0551. The first kappa shape index (κ1) is 15.5. The normalized spacial score (nSPS) is 13.7. The zero-order valence-corrected chi connectivity index (χ0v) is 11.8. The van der Waals surface area contributed by atoms with Gasteiger partial charge in [-0.05, 0) is 37.5 Å². The fourth-order valence-corrected chi connectivity index (χ4v) is 1.59. The molecule has 0 spiro atoms. The van der Waals surface area contributed by atoms with E-state index in [4.69, 9.17) is 9.84 Å². The van der Waals surface area contributed by atoms with E-state index in [0.29, 0.717) is 13.0 Å². The summed E-state index contributed by atoms with van der Waals surface area (Å²) in [4.78, 5) is 11.7. The number of hydrogen-bond acceptors (Lipinski definition) is 3. The van der Waals surface area contributed by atoms with E-state index in [1.54, 1.807) is 0 Å². The molecule has 2 atom stereocenters. The summed E-state index contributed by atoms with van der Waals surface area (Å²) in [6, 6.07) is 7.71. The van der Waals surface area contributed by atoms with Gasteiger partial charge in [0, 0.05) is 12.6 Å². The van der Waals surface area contributed by atoms with Crippen molar-refractivity contribution in [2.24, 2.45) is 5.92 Å². The summed E-state index contributed by atoms with van der Waals surface area (Å²) in [5.74, 6) is 0.784. The number of amides is 1. The summed E-state index contributed by atoms with van der Waals surface area (Å²) in [6.07, 6.45) is 0.316. The van der Waals surface area contributed by atoms with Crippen LogP contribution in [0.4, 0.5) is 0 Å². The molecule has 1 aromatic rings. The molecule has 4 nitrogen and oxygen atoms in total. The number of rotatable bonds is 7. The maximum Gasteiger partial charge on any atom is 0.223 e. The predicted octanol–water partition coefficient (Wildman–Crippen LogP) is 1.90. The molecule has 0 aromatic heterocycles. The molecule has 0 heterocycles. The molecule has 0 radical (unpaired) electrons. The number of aliphatic hydroxyl groups is 1. The van der Waals surface area contributed by atoms with Crippen LogP contribution in [-0.2, 0) is 4.79 Å². The van der Waals surface area contributed by atoms with Crippen molar-refractivity contribution in [2.75, 3.05) is 13.2 Å². The van der Waals surface area contributed by atoms with E-state index in [0.717, 1.165) is 11.3 Å². The summed E-state index contributed by atoms with van der Waals surface area (Å²) in [7, 11) is 0. The van der Waals surface area contributed by atoms with E-state index >= 15 is 0 Å². The molecule has 0 aliphatic heterocycles. The van der Waals surface area contributed by atoms with Crippen LogP contribution in [0.25, 0.3) is 0 Å². The highest BCUT2D eigenvalue weighted by Crippen LogP contribution is 2.12. The molecule has 1 aromatic carbocycles. The second-order valence-corrected chi connectivity index (χ2v) is 4.93. The van der Waals surface area contributed by atoms with Crippen LogP contribution < -0.4 is 10.1 Å². The van der Waals surface area contributed by atoms with Crippen LogP contribution in [0.1, 0.15) is 25.8 Å². The summed E-state index contributed by atoms with van der Waals surface area (Å²) in [5, 5.41) is 11.8. The van der Waals surface area contributed by atoms with Crippen LogP contribution in [0, 0.1) is 12.8 Å². The molecule has 4 heteroatoms. The maximum atomic E-state index is 11.7. The van der Waals surface area contributed by atoms with Crippen LogP contribution in [0.3, 0.4) is 0 Å². The molecule has 1 amide bonds. The highest BCUT2D eigenvalue weighted by molar-refractivity contribution is 5.76. The Labute approximate surface area is 114 Å². The Kier molecular flexibility index (Phi) is 6.36. The summed E-state index contributed by atoms with van der Waals surface area (Å²) in [5.41, 5.74) is 1.13. The molecule has 106 valence electrons. The second kappa shape index (κ2) is 7.79. The Morgan fingerprint density at radius 2 is 2.16 bits per heavy atom. The highest BCUT2D eigenvalue weighted by atomic mass is 16.5. The van der Waals surface area contributed by atoms with Gasteiger partial charge in [-0.2, -0.15) is 0 Å². The smallest absolute Gasteiger partial charge is 0.223 e. The molecule has 19 heavy (non-hydrogen) atoms. The maximum absolute atomic E-state index is 11.7. The van der Waals surface area contributed by atoms with Crippen molar-refractivity contribution >= 4 is 5.91 Å². The van der Waals surface area contributed by atoms with Crippen LogP contribution in [0.5, 0.6) is 5.75 Å². The largest absolute Gasteiger partial charge is 0.493 e. The van der Waals surface area contributed by atoms with E-state index in [1.807, 2.05) is 45.0 Å². The molecule has 0 aliphatic rings. The monoisotopic (exact) mass is 265 g/mol. The molecular weight excluding hydrogens is 242 g/mol. The number of aliphatic hydroxyl groups excluding tert-OH is 1. The van der Waals surface area contributed by atoms with Crippen molar-refractivity contribution in [3.05, 3.63) is 29.8 Å². The molecule has 0 saturated heterocycles. The topological polar surface area (TPSA) is 58.6 Å². The quantitative estimate of drug-likeness (QED) is 0.791. The standard InChI is InChI=1S/C15H23NO3/c1-11-5-4-6-14(9-11)19-8-7-15(18)16-13(3)12(2)10-17/h4-6,9,12-13,17H,7-8,10H2,1-3H3,(H,16,18). The van der Waals surface area contributed by atoms with Gasteiger partial charge in [-0.3, -0.25) is 4.79 Å². The Balaban J connectivity index is 2.27. The van der Waals surface area contributed by atoms with Gasteiger partial charge in [0.05, 0.1) is 13.0 Å². The highest BCUT2D eigenvalue weighted by Gasteiger charge is 2.13. The minimum Gasteiger partial charge on any atom is -0.493 e. The minimum absolute atomic E-state index is 0.0310. The molecular formula is C15H23NO3. The van der Waals surface area contributed by atoms with Gasteiger partial charge in [0.1, 0.15) is 5.75 Å². The third kappa shape index (κ3) is 5.75. The fraction of sp³-hybridized carbons (Fsp3) is 0.533. The van der Waals surface area contributed by atoms with E-state index < -0.39 is 0 Å². The van der Waals surface area contributed by atoms with Crippen LogP contribution in [-0.4, -0.2) is 30.3 Å². The van der Waals surface area contributed by atoms with Gasteiger partial charge < -0.3 is 15.2 Å². The fourth-order valence-electron chi connectivity index (χ4n) is 1.59. The van der Waals surface area contributed by atoms with Crippen molar-refractivity contribution < 1.29 is 14.6 Å². The lowest BCUT2D eigenvalue weighted by molar-refractivity contribution is -0.122. The number of carbonyl (C=O) groups is 1. The van der Waals surface area contributed by atoms with Gasteiger partial charge in [0.2, 0.25) is 5.91 Å². The van der Waals surface area contributed by atoms with Gasteiger partial charge in [-0.25, -0.2) is 0 Å². The lowest BCUT2D eigenvalue weighted by Crippen LogP contribution is -2.38. The Morgan fingerprint density at radius 3 is 2.79 bits per heavy atom. The van der Waals surface area contributed by atoms with Gasteiger partial charge in [0.15, 0.2) is 0 Å². The van der Waals surface area contributed by atoms with E-state index in [-0.39, 0.29) is 24.5 Å². The molecule has 0 bridgehead atoms. The number of ether oxygens (including phenoxy) is 1. The van der Waals surface area contributed by atoms with Gasteiger partial charge >= 0.3 is 0 Å². The van der Waals surface area contributed by atoms with Crippen molar-refractivity contribution in [1.82, 2.24) is 5.32 Å². The third-order valence-electron chi connectivity index (χ3n) is 3.12. The van der Waals surface area contributed by atoms with Gasteiger partial charge in [-0.15, -0.1) is 0 Å². The van der Waals surface area contributed by atoms with E-state index in [1.165, 1.54) is 0 Å². The van der Waals surface area contributed by atoms with Gasteiger partial charge in [0.25, 0.3) is 0 Å². The molecule has 2 N–H and O–H groups in total.